The van der Waals surface area contributed by atoms with Gasteiger partial charge in [0.05, 0.1) is 11.6 Å². The zero-order valence-corrected chi connectivity index (χ0v) is 13.9. The number of halogens is 1. The van der Waals surface area contributed by atoms with Crippen molar-refractivity contribution in [3.63, 3.8) is 0 Å². The molecule has 0 radical (unpaired) electrons. The van der Waals surface area contributed by atoms with E-state index in [4.69, 9.17) is 0 Å². The summed E-state index contributed by atoms with van der Waals surface area (Å²) in [5.74, 6) is 0.179. The van der Waals surface area contributed by atoms with Gasteiger partial charge in [-0.2, -0.15) is 0 Å². The summed E-state index contributed by atoms with van der Waals surface area (Å²) in [5, 5.41) is 3.02. The number of nitrogens with zero attached hydrogens (tertiary/aromatic N) is 1. The largest absolute Gasteiger partial charge is 0.325 e. The van der Waals surface area contributed by atoms with Crippen LogP contribution in [0.5, 0.6) is 0 Å². The zero-order chi connectivity index (χ0) is 15.4. The van der Waals surface area contributed by atoms with Gasteiger partial charge in [0.1, 0.15) is 0 Å². The van der Waals surface area contributed by atoms with Gasteiger partial charge in [-0.05, 0) is 46.6 Å². The first-order valence-corrected chi connectivity index (χ1v) is 8.33. The second-order valence-corrected chi connectivity index (χ2v) is 6.53. The Morgan fingerprint density at radius 1 is 1.14 bits per heavy atom. The van der Waals surface area contributed by atoms with Gasteiger partial charge in [0, 0.05) is 17.6 Å². The third-order valence-corrected chi connectivity index (χ3v) is 4.72. The Hall–Kier alpha value is -1.65. The number of hydrogen-bond acceptors (Lipinski definition) is 2. The van der Waals surface area contributed by atoms with Crippen LogP contribution in [0, 0.1) is 5.92 Å². The van der Waals surface area contributed by atoms with Gasteiger partial charge in [-0.15, -0.1) is 0 Å². The van der Waals surface area contributed by atoms with Crippen molar-refractivity contribution in [3.05, 3.63) is 64.6 Å². The monoisotopic (exact) mass is 358 g/mol. The lowest BCUT2D eigenvalue weighted by Gasteiger charge is -2.16. The minimum atomic E-state index is 0.0656. The minimum absolute atomic E-state index is 0.0656. The first-order chi connectivity index (χ1) is 10.7. The van der Waals surface area contributed by atoms with Crippen LogP contribution < -0.4 is 5.32 Å². The lowest BCUT2D eigenvalue weighted by atomic mass is 10.1. The number of benzene rings is 2. The van der Waals surface area contributed by atoms with Gasteiger partial charge in [0.15, 0.2) is 0 Å². The third kappa shape index (κ3) is 3.76. The molecule has 1 aliphatic rings. The van der Waals surface area contributed by atoms with E-state index in [-0.39, 0.29) is 11.8 Å². The molecule has 1 atom stereocenters. The Bertz CT molecular complexity index is 645. The van der Waals surface area contributed by atoms with Crippen LogP contribution in [0.25, 0.3) is 0 Å². The lowest BCUT2D eigenvalue weighted by Crippen LogP contribution is -2.27. The Kier molecular flexibility index (Phi) is 4.90. The van der Waals surface area contributed by atoms with E-state index in [1.807, 2.05) is 30.3 Å². The molecule has 1 aliphatic heterocycles. The maximum Gasteiger partial charge on any atom is 0.228 e. The molecule has 0 bridgehead atoms. The first kappa shape index (κ1) is 15.3. The van der Waals surface area contributed by atoms with Gasteiger partial charge in [-0.3, -0.25) is 9.69 Å². The molecule has 114 valence electrons. The normalized spacial score (nSPS) is 18.3. The van der Waals surface area contributed by atoms with Crippen LogP contribution in [0.3, 0.4) is 0 Å². The van der Waals surface area contributed by atoms with E-state index >= 15 is 0 Å². The van der Waals surface area contributed by atoms with E-state index in [2.05, 4.69) is 50.4 Å². The molecule has 1 N–H and O–H groups in total. The highest BCUT2D eigenvalue weighted by Gasteiger charge is 2.28. The van der Waals surface area contributed by atoms with Crippen LogP contribution in [-0.4, -0.2) is 23.9 Å². The Morgan fingerprint density at radius 3 is 2.64 bits per heavy atom. The first-order valence-electron chi connectivity index (χ1n) is 7.54. The predicted octanol–water partition coefficient (Wildman–Crippen LogP) is 3.91. The summed E-state index contributed by atoms with van der Waals surface area (Å²) in [6.07, 6.45) is 0.920. The van der Waals surface area contributed by atoms with Crippen molar-refractivity contribution in [1.29, 1.82) is 0 Å². The van der Waals surface area contributed by atoms with Gasteiger partial charge in [0.2, 0.25) is 5.91 Å². The Labute approximate surface area is 139 Å². The number of anilines is 1. The van der Waals surface area contributed by atoms with Gasteiger partial charge in [-0.25, -0.2) is 0 Å². The highest BCUT2D eigenvalue weighted by molar-refractivity contribution is 9.10. The summed E-state index contributed by atoms with van der Waals surface area (Å²) in [5.41, 5.74) is 2.14. The van der Waals surface area contributed by atoms with E-state index in [0.717, 1.165) is 36.2 Å². The molecule has 0 saturated carbocycles. The molecular formula is C18H19BrN2O. The summed E-state index contributed by atoms with van der Waals surface area (Å²) >= 11 is 3.46. The third-order valence-electron chi connectivity index (χ3n) is 4.02. The molecule has 3 nitrogen and oxygen atoms in total. The number of rotatable bonds is 4. The average molecular weight is 359 g/mol. The number of likely N-dealkylation sites (tertiary alicyclic amines) is 1. The molecular weight excluding hydrogens is 340 g/mol. The van der Waals surface area contributed by atoms with Gasteiger partial charge >= 0.3 is 0 Å². The highest BCUT2D eigenvalue weighted by atomic mass is 79.9. The van der Waals surface area contributed by atoms with E-state index in [0.29, 0.717) is 0 Å². The number of para-hydroxylation sites is 1. The second-order valence-electron chi connectivity index (χ2n) is 5.68. The van der Waals surface area contributed by atoms with Crippen molar-refractivity contribution in [2.75, 3.05) is 18.4 Å². The fourth-order valence-electron chi connectivity index (χ4n) is 2.83. The Balaban J connectivity index is 1.56. The quantitative estimate of drug-likeness (QED) is 0.898. The SMILES string of the molecule is O=C(Nc1ccccc1Br)C1CCN(Cc2ccccc2)C1. The van der Waals surface area contributed by atoms with Crippen LogP contribution in [0.15, 0.2) is 59.1 Å². The van der Waals surface area contributed by atoms with Crippen LogP contribution in [0.4, 0.5) is 5.69 Å². The molecule has 3 rings (SSSR count). The predicted molar refractivity (Wildman–Crippen MR) is 92.6 cm³/mol. The van der Waals surface area contributed by atoms with Crippen molar-refractivity contribution in [3.8, 4) is 0 Å². The molecule has 0 spiro atoms. The van der Waals surface area contributed by atoms with E-state index in [1.54, 1.807) is 0 Å². The summed E-state index contributed by atoms with van der Waals surface area (Å²) in [7, 11) is 0. The van der Waals surface area contributed by atoms with E-state index in [1.165, 1.54) is 5.56 Å². The molecule has 1 saturated heterocycles. The minimum Gasteiger partial charge on any atom is -0.325 e. The molecule has 1 fully saturated rings. The molecule has 22 heavy (non-hydrogen) atoms. The van der Waals surface area contributed by atoms with Crippen LogP contribution in [0.1, 0.15) is 12.0 Å². The van der Waals surface area contributed by atoms with Gasteiger partial charge in [-0.1, -0.05) is 42.5 Å². The lowest BCUT2D eigenvalue weighted by molar-refractivity contribution is -0.119. The zero-order valence-electron chi connectivity index (χ0n) is 12.3. The molecule has 1 heterocycles. The number of nitrogens with one attached hydrogen (secondary N) is 1. The fourth-order valence-corrected chi connectivity index (χ4v) is 3.21. The smallest absolute Gasteiger partial charge is 0.228 e. The van der Waals surface area contributed by atoms with Crippen molar-refractivity contribution < 1.29 is 4.79 Å². The summed E-state index contributed by atoms with van der Waals surface area (Å²) < 4.78 is 0.919. The molecule has 2 aromatic rings. The summed E-state index contributed by atoms with van der Waals surface area (Å²) in [4.78, 5) is 14.8. The maximum absolute atomic E-state index is 12.4. The maximum atomic E-state index is 12.4. The van der Waals surface area contributed by atoms with Crippen molar-refractivity contribution >= 4 is 27.5 Å². The van der Waals surface area contributed by atoms with Crippen LogP contribution in [0.2, 0.25) is 0 Å². The molecule has 4 heteroatoms. The highest BCUT2D eigenvalue weighted by Crippen LogP contribution is 2.24. The van der Waals surface area contributed by atoms with E-state index in [9.17, 15) is 4.79 Å². The number of carbonyl (C=O) groups is 1. The summed E-state index contributed by atoms with van der Waals surface area (Å²) in [6, 6.07) is 18.1. The standard InChI is InChI=1S/C18H19BrN2O/c19-16-8-4-5-9-17(16)20-18(22)15-10-11-21(13-15)12-14-6-2-1-3-7-14/h1-9,15H,10-13H2,(H,20,22). The van der Waals surface area contributed by atoms with Crippen molar-refractivity contribution in [2.24, 2.45) is 5.92 Å². The van der Waals surface area contributed by atoms with Crippen molar-refractivity contribution in [1.82, 2.24) is 4.90 Å². The van der Waals surface area contributed by atoms with Crippen LogP contribution in [-0.2, 0) is 11.3 Å². The molecule has 1 amide bonds. The topological polar surface area (TPSA) is 32.3 Å². The molecule has 1 unspecified atom stereocenters. The fraction of sp³-hybridized carbons (Fsp3) is 0.278. The average Bonchev–Trinajstić information content (AvgIpc) is 2.99. The van der Waals surface area contributed by atoms with E-state index < -0.39 is 0 Å². The number of amides is 1. The molecule has 0 aliphatic carbocycles. The molecule has 0 aromatic heterocycles. The second kappa shape index (κ2) is 7.07. The number of hydrogen-bond donors (Lipinski definition) is 1. The Morgan fingerprint density at radius 2 is 1.86 bits per heavy atom. The van der Waals surface area contributed by atoms with Gasteiger partial charge in [0.25, 0.3) is 0 Å². The van der Waals surface area contributed by atoms with Crippen molar-refractivity contribution in [2.45, 2.75) is 13.0 Å². The summed E-state index contributed by atoms with van der Waals surface area (Å²) in [6.45, 7) is 2.72. The number of carbonyl (C=O) groups excluding carboxylic acids is 1. The van der Waals surface area contributed by atoms with Gasteiger partial charge < -0.3 is 5.32 Å². The van der Waals surface area contributed by atoms with Crippen LogP contribution >= 0.6 is 15.9 Å². The molecule has 2 aromatic carbocycles.